The summed E-state index contributed by atoms with van der Waals surface area (Å²) in [7, 11) is 0. The van der Waals surface area contributed by atoms with Crippen molar-refractivity contribution in [3.63, 3.8) is 0 Å². The molecule has 1 aromatic heterocycles. The number of aliphatic hydroxyl groups is 1. The molecule has 0 bridgehead atoms. The van der Waals surface area contributed by atoms with Gasteiger partial charge in [0.1, 0.15) is 0 Å². The summed E-state index contributed by atoms with van der Waals surface area (Å²) in [6.45, 7) is 4.31. The fraction of sp³-hybridized carbons (Fsp3) is 0.308. The first-order chi connectivity index (χ1) is 7.66. The molecule has 0 aliphatic heterocycles. The monoisotopic (exact) mass is 216 g/mol. The highest BCUT2D eigenvalue weighted by Crippen LogP contribution is 2.18. The van der Waals surface area contributed by atoms with Crippen molar-refractivity contribution in [3.05, 3.63) is 42.1 Å². The summed E-state index contributed by atoms with van der Waals surface area (Å²) in [4.78, 5) is 0. The van der Waals surface area contributed by atoms with E-state index < -0.39 is 0 Å². The van der Waals surface area contributed by atoms with E-state index in [0.717, 1.165) is 17.0 Å². The highest BCUT2D eigenvalue weighted by molar-refractivity contribution is 5.58. The van der Waals surface area contributed by atoms with Crippen LogP contribution in [0.15, 0.2) is 36.4 Å². The number of aryl methyl sites for hydroxylation is 1. The van der Waals surface area contributed by atoms with Crippen molar-refractivity contribution in [2.45, 2.75) is 26.5 Å². The number of benzene rings is 1. The SMILES string of the molecule is Cc1cc(-c2ccccc2)nn1CC(C)O. The Labute approximate surface area is 95.3 Å². The molecule has 0 aliphatic carbocycles. The van der Waals surface area contributed by atoms with E-state index in [4.69, 9.17) is 0 Å². The summed E-state index contributed by atoms with van der Waals surface area (Å²) in [5.41, 5.74) is 3.13. The first kappa shape index (κ1) is 10.9. The molecule has 0 saturated carbocycles. The number of hydrogen-bond donors (Lipinski definition) is 1. The molecule has 2 aromatic rings. The number of rotatable bonds is 3. The van der Waals surface area contributed by atoms with E-state index in [1.165, 1.54) is 0 Å². The smallest absolute Gasteiger partial charge is 0.0925 e. The minimum atomic E-state index is -0.373. The van der Waals surface area contributed by atoms with E-state index in [2.05, 4.69) is 5.10 Å². The Kier molecular flexibility index (Phi) is 3.06. The Balaban J connectivity index is 2.31. The Hall–Kier alpha value is -1.61. The zero-order valence-corrected chi connectivity index (χ0v) is 9.59. The van der Waals surface area contributed by atoms with Crippen molar-refractivity contribution >= 4 is 0 Å². The summed E-state index contributed by atoms with van der Waals surface area (Å²) in [5.74, 6) is 0. The van der Waals surface area contributed by atoms with E-state index >= 15 is 0 Å². The molecule has 84 valence electrons. The highest BCUT2D eigenvalue weighted by atomic mass is 16.3. The lowest BCUT2D eigenvalue weighted by atomic mass is 10.1. The third-order valence-corrected chi connectivity index (χ3v) is 2.49. The summed E-state index contributed by atoms with van der Waals surface area (Å²) >= 11 is 0. The van der Waals surface area contributed by atoms with Crippen LogP contribution in [-0.4, -0.2) is 21.0 Å². The van der Waals surface area contributed by atoms with Crippen LogP contribution in [0.4, 0.5) is 0 Å². The molecule has 0 spiro atoms. The van der Waals surface area contributed by atoms with Gasteiger partial charge in [-0.15, -0.1) is 0 Å². The van der Waals surface area contributed by atoms with Crippen LogP contribution in [0.5, 0.6) is 0 Å². The molecule has 1 heterocycles. The minimum Gasteiger partial charge on any atom is -0.391 e. The maximum atomic E-state index is 9.35. The lowest BCUT2D eigenvalue weighted by Crippen LogP contribution is -2.13. The first-order valence-corrected chi connectivity index (χ1v) is 5.45. The van der Waals surface area contributed by atoms with Crippen LogP contribution in [0.1, 0.15) is 12.6 Å². The lowest BCUT2D eigenvalue weighted by molar-refractivity contribution is 0.167. The normalized spacial score (nSPS) is 12.7. The van der Waals surface area contributed by atoms with Crippen LogP contribution in [-0.2, 0) is 6.54 Å². The van der Waals surface area contributed by atoms with Gasteiger partial charge in [-0.3, -0.25) is 4.68 Å². The molecule has 0 fully saturated rings. The maximum absolute atomic E-state index is 9.35. The van der Waals surface area contributed by atoms with Crippen molar-refractivity contribution < 1.29 is 5.11 Å². The van der Waals surface area contributed by atoms with Gasteiger partial charge in [0.25, 0.3) is 0 Å². The van der Waals surface area contributed by atoms with Crippen molar-refractivity contribution in [3.8, 4) is 11.3 Å². The van der Waals surface area contributed by atoms with E-state index in [9.17, 15) is 5.11 Å². The van der Waals surface area contributed by atoms with Gasteiger partial charge in [-0.1, -0.05) is 30.3 Å². The first-order valence-electron chi connectivity index (χ1n) is 5.45. The van der Waals surface area contributed by atoms with Crippen molar-refractivity contribution in [2.24, 2.45) is 0 Å². The van der Waals surface area contributed by atoms with Crippen LogP contribution in [0, 0.1) is 6.92 Å². The third-order valence-electron chi connectivity index (χ3n) is 2.49. The minimum absolute atomic E-state index is 0.373. The van der Waals surface area contributed by atoms with E-state index in [1.807, 2.05) is 48.0 Å². The predicted molar refractivity (Wildman–Crippen MR) is 64.1 cm³/mol. The van der Waals surface area contributed by atoms with Crippen LogP contribution >= 0.6 is 0 Å². The Morgan fingerprint density at radius 3 is 2.62 bits per heavy atom. The average molecular weight is 216 g/mol. The van der Waals surface area contributed by atoms with Crippen LogP contribution in [0.3, 0.4) is 0 Å². The largest absolute Gasteiger partial charge is 0.391 e. The molecule has 0 saturated heterocycles. The molecule has 1 aromatic carbocycles. The standard InChI is InChI=1S/C13H16N2O/c1-10-8-13(12-6-4-3-5-7-12)14-15(10)9-11(2)16/h3-8,11,16H,9H2,1-2H3. The van der Waals surface area contributed by atoms with E-state index in [1.54, 1.807) is 6.92 Å². The van der Waals surface area contributed by atoms with Gasteiger partial charge >= 0.3 is 0 Å². The van der Waals surface area contributed by atoms with Gasteiger partial charge in [0.15, 0.2) is 0 Å². The Morgan fingerprint density at radius 1 is 1.31 bits per heavy atom. The van der Waals surface area contributed by atoms with Gasteiger partial charge in [0.2, 0.25) is 0 Å². The van der Waals surface area contributed by atoms with Crippen molar-refractivity contribution in [1.82, 2.24) is 9.78 Å². The second-order valence-corrected chi connectivity index (χ2v) is 4.07. The van der Waals surface area contributed by atoms with Crippen LogP contribution in [0.2, 0.25) is 0 Å². The number of aliphatic hydroxyl groups excluding tert-OH is 1. The van der Waals surface area contributed by atoms with Crippen LogP contribution in [0.25, 0.3) is 11.3 Å². The summed E-state index contributed by atoms with van der Waals surface area (Å²) < 4.78 is 1.84. The molecule has 0 amide bonds. The van der Waals surface area contributed by atoms with Gasteiger partial charge in [-0.2, -0.15) is 5.10 Å². The quantitative estimate of drug-likeness (QED) is 0.854. The Bertz CT molecular complexity index is 460. The molecular weight excluding hydrogens is 200 g/mol. The highest BCUT2D eigenvalue weighted by Gasteiger charge is 2.07. The third kappa shape index (κ3) is 2.31. The second kappa shape index (κ2) is 4.49. The zero-order valence-electron chi connectivity index (χ0n) is 9.59. The molecule has 3 nitrogen and oxygen atoms in total. The number of nitrogens with zero attached hydrogens (tertiary/aromatic N) is 2. The molecule has 1 atom stereocenters. The van der Waals surface area contributed by atoms with E-state index in [0.29, 0.717) is 6.54 Å². The topological polar surface area (TPSA) is 38.0 Å². The molecular formula is C13H16N2O. The average Bonchev–Trinajstić information content (AvgIpc) is 2.61. The van der Waals surface area contributed by atoms with Gasteiger partial charge < -0.3 is 5.11 Å². The zero-order chi connectivity index (χ0) is 11.5. The lowest BCUT2D eigenvalue weighted by Gasteiger charge is -2.05. The van der Waals surface area contributed by atoms with Crippen LogP contribution < -0.4 is 0 Å². The summed E-state index contributed by atoms with van der Waals surface area (Å²) in [6, 6.07) is 12.1. The van der Waals surface area contributed by atoms with Gasteiger partial charge in [-0.25, -0.2) is 0 Å². The molecule has 1 N–H and O–H groups in total. The summed E-state index contributed by atoms with van der Waals surface area (Å²) in [6.07, 6.45) is -0.373. The fourth-order valence-corrected chi connectivity index (χ4v) is 1.70. The molecule has 3 heteroatoms. The second-order valence-electron chi connectivity index (χ2n) is 4.07. The summed E-state index contributed by atoms with van der Waals surface area (Å²) in [5, 5.41) is 13.8. The Morgan fingerprint density at radius 2 is 2.00 bits per heavy atom. The molecule has 2 rings (SSSR count). The number of hydrogen-bond acceptors (Lipinski definition) is 2. The van der Waals surface area contributed by atoms with Crippen molar-refractivity contribution in [1.29, 1.82) is 0 Å². The van der Waals surface area contributed by atoms with Gasteiger partial charge in [-0.05, 0) is 19.9 Å². The van der Waals surface area contributed by atoms with Gasteiger partial charge in [0, 0.05) is 11.3 Å². The molecule has 16 heavy (non-hydrogen) atoms. The fourth-order valence-electron chi connectivity index (χ4n) is 1.70. The van der Waals surface area contributed by atoms with Crippen molar-refractivity contribution in [2.75, 3.05) is 0 Å². The molecule has 0 aliphatic rings. The molecule has 1 unspecified atom stereocenters. The predicted octanol–water partition coefficient (Wildman–Crippen LogP) is 2.24. The number of aromatic nitrogens is 2. The maximum Gasteiger partial charge on any atom is 0.0925 e. The molecule has 0 radical (unpaired) electrons. The van der Waals surface area contributed by atoms with Gasteiger partial charge in [0.05, 0.1) is 18.3 Å². The van der Waals surface area contributed by atoms with E-state index in [-0.39, 0.29) is 6.10 Å².